The van der Waals surface area contributed by atoms with E-state index in [0.717, 1.165) is 28.3 Å². The van der Waals surface area contributed by atoms with Crippen molar-refractivity contribution < 1.29 is 37.3 Å². The number of alkyl halides is 3. The third kappa shape index (κ3) is 5.82. The molecule has 2 amide bonds. The number of carbonyl (C=O) groups excluding carboxylic acids is 2. The number of aromatic hydroxyl groups is 1. The molecule has 7 rings (SSSR count). The predicted molar refractivity (Wildman–Crippen MR) is 168 cm³/mol. The van der Waals surface area contributed by atoms with Gasteiger partial charge in [0.2, 0.25) is 11.7 Å². The monoisotopic (exact) mass is 699 g/mol. The number of hydrogen-bond donors (Lipinski definition) is 2. The average Bonchev–Trinajstić information content (AvgIpc) is 3.67. The Morgan fingerprint density at radius 3 is 2.76 bits per heavy atom. The Balaban J connectivity index is 1.26. The lowest BCUT2D eigenvalue weighted by Gasteiger charge is -2.43. The zero-order valence-electron chi connectivity index (χ0n) is 26.0. The SMILES string of the molecule is C[C@@H]1C[C@]2(CCN1C(=O)c1ncccc1O)OCc1c2c(=O)n2nc(C3=CCOCC3)nc2n1CC(=O)Nc1ccc(C(F)(F)F)cc1Cl. The lowest BCUT2D eigenvalue weighted by Crippen LogP contribution is -2.51. The summed E-state index contributed by atoms with van der Waals surface area (Å²) >= 11 is 6.10. The van der Waals surface area contributed by atoms with Gasteiger partial charge in [-0.1, -0.05) is 17.7 Å². The number of nitrogens with one attached hydrogen (secondary N) is 1. The number of halogens is 4. The molecule has 0 unspecified atom stereocenters. The number of anilines is 1. The van der Waals surface area contributed by atoms with E-state index in [1.165, 1.54) is 22.9 Å². The molecule has 6 heterocycles. The van der Waals surface area contributed by atoms with E-state index in [-0.39, 0.29) is 59.5 Å². The summed E-state index contributed by atoms with van der Waals surface area (Å²) < 4.78 is 54.0. The largest absolute Gasteiger partial charge is 0.505 e. The maximum atomic E-state index is 14.3. The Labute approximate surface area is 280 Å². The number of carbonyl (C=O) groups is 2. The van der Waals surface area contributed by atoms with E-state index in [1.807, 2.05) is 13.0 Å². The van der Waals surface area contributed by atoms with Crippen LogP contribution in [0.5, 0.6) is 5.75 Å². The molecule has 1 fully saturated rings. The lowest BCUT2D eigenvalue weighted by molar-refractivity contribution is -0.137. The summed E-state index contributed by atoms with van der Waals surface area (Å²) in [6.07, 6.45) is -0.427. The van der Waals surface area contributed by atoms with Crippen LogP contribution in [0, 0.1) is 0 Å². The molecule has 1 aromatic carbocycles. The first-order valence-corrected chi connectivity index (χ1v) is 15.8. The van der Waals surface area contributed by atoms with Crippen molar-refractivity contribution in [3.63, 3.8) is 0 Å². The number of ether oxygens (including phenoxy) is 2. The number of likely N-dealkylation sites (tertiary alicyclic amines) is 1. The molecule has 49 heavy (non-hydrogen) atoms. The van der Waals surface area contributed by atoms with Crippen molar-refractivity contribution in [2.24, 2.45) is 0 Å². The molecule has 0 radical (unpaired) electrons. The smallest absolute Gasteiger partial charge is 0.416 e. The fourth-order valence-corrected chi connectivity index (χ4v) is 6.94. The van der Waals surface area contributed by atoms with Crippen LogP contribution < -0.4 is 10.9 Å². The molecule has 3 aliphatic rings. The number of rotatable bonds is 5. The first-order valence-electron chi connectivity index (χ1n) is 15.4. The van der Waals surface area contributed by atoms with Gasteiger partial charge in [0.1, 0.15) is 17.9 Å². The fraction of sp³-hybridized carbons (Fsp3) is 0.375. The normalized spacial score (nSPS) is 20.8. The van der Waals surface area contributed by atoms with Crippen LogP contribution in [0.2, 0.25) is 5.02 Å². The van der Waals surface area contributed by atoms with Gasteiger partial charge in [-0.2, -0.15) is 22.7 Å². The molecule has 3 aliphatic heterocycles. The Kier molecular flexibility index (Phi) is 8.19. The van der Waals surface area contributed by atoms with Crippen LogP contribution in [0.3, 0.4) is 0 Å². The zero-order valence-corrected chi connectivity index (χ0v) is 26.7. The van der Waals surface area contributed by atoms with Crippen LogP contribution >= 0.6 is 11.6 Å². The second-order valence-corrected chi connectivity index (χ2v) is 12.5. The summed E-state index contributed by atoms with van der Waals surface area (Å²) in [5.74, 6) is -0.982. The molecule has 1 spiro atoms. The number of fused-ring (bicyclic) bond motifs is 3. The first kappa shape index (κ1) is 32.7. The molecule has 2 N–H and O–H groups in total. The number of hydrogen-bond acceptors (Lipinski definition) is 9. The molecule has 1 saturated heterocycles. The second-order valence-electron chi connectivity index (χ2n) is 12.1. The first-order chi connectivity index (χ1) is 23.4. The van der Waals surface area contributed by atoms with Gasteiger partial charge < -0.3 is 29.4 Å². The average molecular weight is 700 g/mol. The van der Waals surface area contributed by atoms with Gasteiger partial charge in [0.25, 0.3) is 11.5 Å². The number of nitrogens with zero attached hydrogens (tertiary/aromatic N) is 6. The van der Waals surface area contributed by atoms with E-state index in [9.17, 15) is 32.7 Å². The van der Waals surface area contributed by atoms with E-state index in [2.05, 4.69) is 20.4 Å². The molecule has 3 aromatic heterocycles. The Hall–Kier alpha value is -4.80. The van der Waals surface area contributed by atoms with E-state index in [0.29, 0.717) is 31.2 Å². The van der Waals surface area contributed by atoms with Crippen molar-refractivity contribution in [2.45, 2.75) is 57.2 Å². The third-order valence-corrected chi connectivity index (χ3v) is 9.39. The van der Waals surface area contributed by atoms with Crippen molar-refractivity contribution in [1.82, 2.24) is 29.0 Å². The topological polar surface area (TPSA) is 153 Å². The predicted octanol–water partition coefficient (Wildman–Crippen LogP) is 4.16. The molecule has 0 aliphatic carbocycles. The standard InChI is InChI=1S/C32H29ClF3N7O6/c1-17-14-31(8-10-41(17)29(47)26-23(44)3-2-9-37-26)25-22(16-49-31)42(15-24(45)38-21-5-4-19(13-20(21)33)32(34,35)36)30-39-27(40-43(30)28(25)46)18-6-11-48-12-7-18/h2-6,9,13,17,44H,7-8,10-12,14-16H2,1H3,(H,38,45)/t17-,31+/m1/s1. The van der Waals surface area contributed by atoms with E-state index >= 15 is 0 Å². The van der Waals surface area contributed by atoms with E-state index in [4.69, 9.17) is 21.1 Å². The number of amides is 2. The van der Waals surface area contributed by atoms with Crippen LogP contribution in [0.1, 0.15) is 59.3 Å². The number of piperidine rings is 1. The fourth-order valence-electron chi connectivity index (χ4n) is 6.71. The summed E-state index contributed by atoms with van der Waals surface area (Å²) in [6.45, 7) is 2.32. The zero-order chi connectivity index (χ0) is 34.7. The van der Waals surface area contributed by atoms with Crippen molar-refractivity contribution in [1.29, 1.82) is 0 Å². The minimum Gasteiger partial charge on any atom is -0.505 e. The van der Waals surface area contributed by atoms with Gasteiger partial charge >= 0.3 is 6.18 Å². The van der Waals surface area contributed by atoms with E-state index < -0.39 is 47.3 Å². The maximum absolute atomic E-state index is 14.3. The molecule has 0 saturated carbocycles. The van der Waals surface area contributed by atoms with Crippen LogP contribution in [0.25, 0.3) is 11.4 Å². The second kappa shape index (κ2) is 12.3. The van der Waals surface area contributed by atoms with Gasteiger partial charge in [0.05, 0.1) is 47.4 Å². The van der Waals surface area contributed by atoms with Crippen LogP contribution in [0.15, 0.2) is 47.4 Å². The molecule has 0 bridgehead atoms. The summed E-state index contributed by atoms with van der Waals surface area (Å²) in [5, 5.41) is 17.0. The highest BCUT2D eigenvalue weighted by atomic mass is 35.5. The highest BCUT2D eigenvalue weighted by Crippen LogP contribution is 2.45. The van der Waals surface area contributed by atoms with E-state index in [1.54, 1.807) is 4.90 Å². The summed E-state index contributed by atoms with van der Waals surface area (Å²) in [7, 11) is 0. The summed E-state index contributed by atoms with van der Waals surface area (Å²) in [5.41, 5.74) is -1.26. The van der Waals surface area contributed by atoms with Crippen molar-refractivity contribution in [3.8, 4) is 5.75 Å². The van der Waals surface area contributed by atoms with Crippen molar-refractivity contribution >= 4 is 40.5 Å². The maximum Gasteiger partial charge on any atom is 0.416 e. The summed E-state index contributed by atoms with van der Waals surface area (Å²) in [6, 6.07) is 5.06. The van der Waals surface area contributed by atoms with Gasteiger partial charge in [0.15, 0.2) is 11.5 Å². The molecular weight excluding hydrogens is 671 g/mol. The molecule has 4 aromatic rings. The van der Waals surface area contributed by atoms with Gasteiger partial charge in [-0.25, -0.2) is 4.98 Å². The lowest BCUT2D eigenvalue weighted by atomic mass is 9.82. The van der Waals surface area contributed by atoms with Crippen molar-refractivity contribution in [2.75, 3.05) is 25.1 Å². The Bertz CT molecular complexity index is 2100. The minimum absolute atomic E-state index is 0.0274. The highest BCUT2D eigenvalue weighted by Gasteiger charge is 2.50. The number of benzene rings is 1. The molecule has 2 atom stereocenters. The minimum atomic E-state index is -4.61. The van der Waals surface area contributed by atoms with Crippen LogP contribution in [-0.2, 0) is 39.2 Å². The van der Waals surface area contributed by atoms with Gasteiger partial charge in [-0.15, -0.1) is 5.10 Å². The van der Waals surface area contributed by atoms with Gasteiger partial charge in [-0.3, -0.25) is 14.4 Å². The summed E-state index contributed by atoms with van der Waals surface area (Å²) in [4.78, 5) is 51.3. The molecule has 13 nitrogen and oxygen atoms in total. The Morgan fingerprint density at radius 2 is 2.06 bits per heavy atom. The highest BCUT2D eigenvalue weighted by molar-refractivity contribution is 6.33. The Morgan fingerprint density at radius 1 is 1.24 bits per heavy atom. The van der Waals surface area contributed by atoms with Crippen LogP contribution in [-0.4, -0.2) is 71.8 Å². The number of pyridine rings is 1. The molecule has 17 heteroatoms. The third-order valence-electron chi connectivity index (χ3n) is 9.08. The van der Waals surface area contributed by atoms with Gasteiger partial charge in [-0.05, 0) is 55.7 Å². The number of aromatic nitrogens is 5. The van der Waals surface area contributed by atoms with Crippen molar-refractivity contribution in [3.05, 3.63) is 86.3 Å². The molecule has 256 valence electrons. The van der Waals surface area contributed by atoms with Crippen LogP contribution in [0.4, 0.5) is 18.9 Å². The quantitative estimate of drug-likeness (QED) is 0.313. The van der Waals surface area contributed by atoms with Gasteiger partial charge in [0, 0.05) is 25.2 Å². The molecular formula is C32H29ClF3N7O6.